The fourth-order valence-electron chi connectivity index (χ4n) is 6.90. The smallest absolute Gasteiger partial charge is 0.227 e. The number of rotatable bonds is 6. The van der Waals surface area contributed by atoms with Gasteiger partial charge in [-0.2, -0.15) is 0 Å². The van der Waals surface area contributed by atoms with Crippen LogP contribution in [0.25, 0.3) is 70.8 Å². The Hall–Kier alpha value is -6.50. The second-order valence-corrected chi connectivity index (χ2v) is 13.3. The van der Waals surface area contributed by atoms with Gasteiger partial charge in [-0.1, -0.05) is 60.7 Å². The summed E-state index contributed by atoms with van der Waals surface area (Å²) in [5.41, 5.74) is 11.3. The zero-order valence-corrected chi connectivity index (χ0v) is 27.6. The predicted molar refractivity (Wildman–Crippen MR) is 207 cm³/mol. The molecule has 0 bridgehead atoms. The molecule has 236 valence electrons. The van der Waals surface area contributed by atoms with Gasteiger partial charge >= 0.3 is 0 Å². The first-order valence-electron chi connectivity index (χ1n) is 16.6. The van der Waals surface area contributed by atoms with Crippen molar-refractivity contribution in [2.75, 3.05) is 4.90 Å². The summed E-state index contributed by atoms with van der Waals surface area (Å²) in [6.07, 6.45) is 0. The maximum atomic E-state index is 6.08. The molecule has 10 aromatic rings. The van der Waals surface area contributed by atoms with Crippen LogP contribution in [0.3, 0.4) is 0 Å². The highest BCUT2D eigenvalue weighted by molar-refractivity contribution is 7.21. The molecule has 0 N–H and O–H groups in total. The number of nitrogens with zero attached hydrogens (tertiary/aromatic N) is 4. The Morgan fingerprint density at radius 2 is 1.02 bits per heavy atom. The summed E-state index contributed by atoms with van der Waals surface area (Å²) in [6, 6.07) is 59.3. The number of anilines is 3. The van der Waals surface area contributed by atoms with E-state index in [1.165, 1.54) is 26.5 Å². The Morgan fingerprint density at radius 1 is 0.480 bits per heavy atom. The summed E-state index contributed by atoms with van der Waals surface area (Å²) in [5, 5.41) is 3.52. The molecule has 3 heterocycles. The Labute approximate surface area is 291 Å². The molecule has 0 atom stereocenters. The van der Waals surface area contributed by atoms with E-state index < -0.39 is 0 Å². The molecular weight excluding hydrogens is 633 g/mol. The van der Waals surface area contributed by atoms with Crippen molar-refractivity contribution < 1.29 is 4.42 Å². The largest absolute Gasteiger partial charge is 0.436 e. The highest BCUT2D eigenvalue weighted by Gasteiger charge is 2.17. The van der Waals surface area contributed by atoms with Gasteiger partial charge in [0.25, 0.3) is 0 Å². The van der Waals surface area contributed by atoms with Crippen LogP contribution in [0.4, 0.5) is 17.1 Å². The van der Waals surface area contributed by atoms with Crippen LogP contribution < -0.4 is 4.90 Å². The van der Waals surface area contributed by atoms with Gasteiger partial charge in [0, 0.05) is 44.6 Å². The lowest BCUT2D eigenvalue weighted by atomic mass is 10.1. The maximum absolute atomic E-state index is 6.08. The van der Waals surface area contributed by atoms with Gasteiger partial charge in [-0.05, 0) is 109 Å². The topological polar surface area (TPSA) is 47.1 Å². The number of benzene rings is 7. The van der Waals surface area contributed by atoms with E-state index >= 15 is 0 Å². The summed E-state index contributed by atoms with van der Waals surface area (Å²) < 4.78 is 9.62. The first-order chi connectivity index (χ1) is 24.8. The molecule has 0 aliphatic rings. The van der Waals surface area contributed by atoms with Crippen LogP contribution in [0.15, 0.2) is 174 Å². The van der Waals surface area contributed by atoms with E-state index in [9.17, 15) is 0 Å². The molecule has 0 fully saturated rings. The first kappa shape index (κ1) is 28.5. The number of oxazole rings is 1. The van der Waals surface area contributed by atoms with Gasteiger partial charge in [0.15, 0.2) is 5.58 Å². The fraction of sp³-hybridized carbons (Fsp3) is 0. The summed E-state index contributed by atoms with van der Waals surface area (Å²) in [4.78, 5) is 11.9. The van der Waals surface area contributed by atoms with Crippen molar-refractivity contribution in [1.82, 2.24) is 14.5 Å². The molecule has 7 aromatic carbocycles. The normalized spacial score (nSPS) is 11.6. The average Bonchev–Trinajstić information content (AvgIpc) is 3.90. The van der Waals surface area contributed by atoms with Crippen molar-refractivity contribution in [2.24, 2.45) is 0 Å². The Kier molecular flexibility index (Phi) is 6.60. The third-order valence-corrected chi connectivity index (χ3v) is 10.4. The zero-order chi connectivity index (χ0) is 33.0. The number of aromatic nitrogens is 3. The number of thiazole rings is 1. The van der Waals surface area contributed by atoms with Gasteiger partial charge in [0.1, 0.15) is 10.5 Å². The maximum Gasteiger partial charge on any atom is 0.227 e. The van der Waals surface area contributed by atoms with Crippen LogP contribution in [0.5, 0.6) is 0 Å². The van der Waals surface area contributed by atoms with E-state index in [2.05, 4.69) is 149 Å². The van der Waals surface area contributed by atoms with Gasteiger partial charge in [0.2, 0.25) is 5.89 Å². The highest BCUT2D eigenvalue weighted by atomic mass is 32.1. The Morgan fingerprint density at radius 3 is 1.66 bits per heavy atom. The van der Waals surface area contributed by atoms with Crippen molar-refractivity contribution >= 4 is 71.5 Å². The monoisotopic (exact) mass is 660 g/mol. The van der Waals surface area contributed by atoms with E-state index in [-0.39, 0.29) is 0 Å². The SMILES string of the molecule is c1ccc2oc(-c3ccc(N(c4ccc(-c5nc6ccccc6s5)cc4)c4ccc(-n5c6ccccc6c6ccccc65)cc4)cc3)nc2c1. The first-order valence-corrected chi connectivity index (χ1v) is 17.4. The van der Waals surface area contributed by atoms with Crippen molar-refractivity contribution in [3.8, 4) is 27.7 Å². The third-order valence-electron chi connectivity index (χ3n) is 9.28. The van der Waals surface area contributed by atoms with Gasteiger partial charge in [0.05, 0.1) is 21.3 Å². The van der Waals surface area contributed by atoms with E-state index in [4.69, 9.17) is 14.4 Å². The predicted octanol–water partition coefficient (Wildman–Crippen LogP) is 12.3. The minimum Gasteiger partial charge on any atom is -0.436 e. The molecule has 6 heteroatoms. The van der Waals surface area contributed by atoms with Crippen LogP contribution in [-0.4, -0.2) is 14.5 Å². The van der Waals surface area contributed by atoms with Gasteiger partial charge in [-0.3, -0.25) is 0 Å². The quantitative estimate of drug-likeness (QED) is 0.178. The second-order valence-electron chi connectivity index (χ2n) is 12.3. The molecule has 3 aromatic heterocycles. The minimum atomic E-state index is 0.611. The lowest BCUT2D eigenvalue weighted by Gasteiger charge is -2.26. The molecule has 0 spiro atoms. The second kappa shape index (κ2) is 11.6. The molecule has 0 saturated carbocycles. The van der Waals surface area contributed by atoms with E-state index in [1.807, 2.05) is 30.3 Å². The molecule has 5 nitrogen and oxygen atoms in total. The molecule has 0 radical (unpaired) electrons. The Bertz CT molecular complexity index is 2570. The number of hydrogen-bond donors (Lipinski definition) is 0. The van der Waals surface area contributed by atoms with Gasteiger partial charge in [-0.15, -0.1) is 11.3 Å². The van der Waals surface area contributed by atoms with Gasteiger partial charge in [-0.25, -0.2) is 9.97 Å². The zero-order valence-electron chi connectivity index (χ0n) is 26.8. The number of para-hydroxylation sites is 5. The molecule has 0 unspecified atom stereocenters. The van der Waals surface area contributed by atoms with Crippen molar-refractivity contribution in [3.05, 3.63) is 170 Å². The van der Waals surface area contributed by atoms with Crippen LogP contribution in [0.1, 0.15) is 0 Å². The van der Waals surface area contributed by atoms with Crippen molar-refractivity contribution in [2.45, 2.75) is 0 Å². The van der Waals surface area contributed by atoms with E-state index in [1.54, 1.807) is 11.3 Å². The highest BCUT2D eigenvalue weighted by Crippen LogP contribution is 2.39. The van der Waals surface area contributed by atoms with Crippen molar-refractivity contribution in [3.63, 3.8) is 0 Å². The number of fused-ring (bicyclic) bond motifs is 5. The molecule has 0 amide bonds. The summed E-state index contributed by atoms with van der Waals surface area (Å²) in [7, 11) is 0. The van der Waals surface area contributed by atoms with Crippen LogP contribution in [-0.2, 0) is 0 Å². The minimum absolute atomic E-state index is 0.611. The van der Waals surface area contributed by atoms with Crippen LogP contribution >= 0.6 is 11.3 Å². The van der Waals surface area contributed by atoms with E-state index in [0.717, 1.165) is 55.5 Å². The number of hydrogen-bond acceptors (Lipinski definition) is 5. The molecule has 10 rings (SSSR count). The molecule has 0 aliphatic carbocycles. The summed E-state index contributed by atoms with van der Waals surface area (Å²) in [5.74, 6) is 0.611. The molecular formula is C44H28N4OS. The molecule has 50 heavy (non-hydrogen) atoms. The lowest BCUT2D eigenvalue weighted by molar-refractivity contribution is 0.620. The molecule has 0 aliphatic heterocycles. The van der Waals surface area contributed by atoms with Crippen LogP contribution in [0, 0.1) is 0 Å². The standard InChI is InChI=1S/C44H28N4OS/c1-5-13-39-35(9-1)36-10-2-6-14-40(36)48(39)34-27-25-33(26-28-34)47(31-21-17-29(18-22-31)43-45-37-11-3-7-15-41(37)49-43)32-23-19-30(20-24-32)44-46-38-12-4-8-16-42(38)50-44/h1-28H. The summed E-state index contributed by atoms with van der Waals surface area (Å²) in [6.45, 7) is 0. The Balaban J connectivity index is 1.06. The third kappa shape index (κ3) is 4.77. The van der Waals surface area contributed by atoms with Gasteiger partial charge < -0.3 is 13.9 Å². The summed E-state index contributed by atoms with van der Waals surface area (Å²) >= 11 is 1.72. The van der Waals surface area contributed by atoms with Crippen molar-refractivity contribution in [1.29, 1.82) is 0 Å². The van der Waals surface area contributed by atoms with Crippen LogP contribution in [0.2, 0.25) is 0 Å². The fourth-order valence-corrected chi connectivity index (χ4v) is 7.87. The average molecular weight is 661 g/mol. The van der Waals surface area contributed by atoms with E-state index in [0.29, 0.717) is 5.89 Å². The molecule has 0 saturated heterocycles. The lowest BCUT2D eigenvalue weighted by Crippen LogP contribution is -2.10.